The fraction of sp³-hybridized carbons (Fsp3) is 0.409. The van der Waals surface area contributed by atoms with E-state index in [9.17, 15) is 33.4 Å². The predicted octanol–water partition coefficient (Wildman–Crippen LogP) is 1.38. The van der Waals surface area contributed by atoms with Crippen LogP contribution in [0.1, 0.15) is 46.7 Å². The van der Waals surface area contributed by atoms with E-state index in [1.807, 2.05) is 13.8 Å². The lowest BCUT2D eigenvalue weighted by Crippen LogP contribution is -2.55. The Labute approximate surface area is 182 Å². The van der Waals surface area contributed by atoms with Crippen molar-refractivity contribution in [2.45, 2.75) is 44.9 Å². The molecule has 1 spiro atoms. The normalized spacial score (nSPS) is 21.8. The number of fused-ring (bicyclic) bond motifs is 1. The average molecular weight is 447 g/mol. The number of hydrogen-bond donors (Lipinski definition) is 3. The van der Waals surface area contributed by atoms with Crippen LogP contribution in [0.4, 0.5) is 8.78 Å². The maximum Gasteiger partial charge on any atom is 0.275 e. The predicted molar refractivity (Wildman–Crippen MR) is 109 cm³/mol. The van der Waals surface area contributed by atoms with Gasteiger partial charge < -0.3 is 25.0 Å². The number of aliphatic hydroxyl groups excluding tert-OH is 1. The summed E-state index contributed by atoms with van der Waals surface area (Å²) in [6.45, 7) is 3.41. The van der Waals surface area contributed by atoms with E-state index >= 15 is 0 Å². The lowest BCUT2D eigenvalue weighted by molar-refractivity contribution is 0.0394. The summed E-state index contributed by atoms with van der Waals surface area (Å²) in [5.74, 6) is -4.01. The summed E-state index contributed by atoms with van der Waals surface area (Å²) in [7, 11) is 0. The molecular formula is C22H23F2N3O5. The van der Waals surface area contributed by atoms with Crippen molar-refractivity contribution in [1.82, 2.24) is 14.8 Å². The Balaban J connectivity index is 1.67. The van der Waals surface area contributed by atoms with E-state index in [2.05, 4.69) is 5.32 Å². The Hall–Kier alpha value is -3.27. The summed E-state index contributed by atoms with van der Waals surface area (Å²) in [6, 6.07) is 2.67. The van der Waals surface area contributed by atoms with Crippen molar-refractivity contribution in [2.75, 3.05) is 6.61 Å². The van der Waals surface area contributed by atoms with Gasteiger partial charge in [-0.1, -0.05) is 6.07 Å². The van der Waals surface area contributed by atoms with E-state index in [0.29, 0.717) is 12.5 Å². The number of rotatable bonds is 5. The third kappa shape index (κ3) is 3.35. The van der Waals surface area contributed by atoms with Gasteiger partial charge in [-0.2, -0.15) is 0 Å². The van der Waals surface area contributed by atoms with E-state index in [-0.39, 0.29) is 42.9 Å². The molecule has 3 N–H and O–H groups in total. The Morgan fingerprint density at radius 2 is 2.03 bits per heavy atom. The van der Waals surface area contributed by atoms with Gasteiger partial charge in [-0.05, 0) is 26.3 Å². The molecule has 2 atom stereocenters. The second kappa shape index (κ2) is 7.70. The minimum Gasteiger partial charge on any atom is -0.503 e. The second-order valence-electron chi connectivity index (χ2n) is 8.57. The van der Waals surface area contributed by atoms with Gasteiger partial charge in [0.25, 0.3) is 11.8 Å². The highest BCUT2D eigenvalue weighted by Gasteiger charge is 2.62. The first kappa shape index (κ1) is 21.9. The molecule has 1 saturated carbocycles. The Morgan fingerprint density at radius 3 is 2.62 bits per heavy atom. The maximum atomic E-state index is 13.8. The molecule has 2 aliphatic rings. The van der Waals surface area contributed by atoms with Gasteiger partial charge in [-0.25, -0.2) is 8.78 Å². The summed E-state index contributed by atoms with van der Waals surface area (Å²) in [5.41, 5.74) is -2.27. The molecule has 32 heavy (non-hydrogen) atoms. The van der Waals surface area contributed by atoms with E-state index in [0.717, 1.165) is 6.07 Å². The Bertz CT molecular complexity index is 1180. The number of amides is 2. The number of aliphatic hydroxyl groups is 1. The van der Waals surface area contributed by atoms with Crippen molar-refractivity contribution in [3.8, 4) is 5.75 Å². The second-order valence-corrected chi connectivity index (χ2v) is 8.57. The zero-order valence-electron chi connectivity index (χ0n) is 17.6. The number of carbonyl (C=O) groups is 2. The maximum absolute atomic E-state index is 13.8. The molecule has 4 rings (SSSR count). The lowest BCUT2D eigenvalue weighted by atomic mass is 10.0. The number of carbonyl (C=O) groups excluding carboxylic acids is 2. The molecule has 10 heteroatoms. The summed E-state index contributed by atoms with van der Waals surface area (Å²) >= 11 is 0. The first-order valence-corrected chi connectivity index (χ1v) is 10.2. The quantitative estimate of drug-likeness (QED) is 0.641. The number of nitrogens with one attached hydrogen (secondary N) is 1. The molecule has 1 aromatic carbocycles. The van der Waals surface area contributed by atoms with Gasteiger partial charge in [0.05, 0.1) is 5.54 Å². The number of benzene rings is 1. The number of halogens is 2. The molecule has 0 saturated heterocycles. The first-order chi connectivity index (χ1) is 15.1. The van der Waals surface area contributed by atoms with Crippen LogP contribution in [0.15, 0.2) is 29.2 Å². The summed E-state index contributed by atoms with van der Waals surface area (Å²) < 4.78 is 28.2. The molecule has 8 nitrogen and oxygen atoms in total. The summed E-state index contributed by atoms with van der Waals surface area (Å²) in [5, 5.41) is 22.5. The standard InChI is InChI=1S/C22H23F2N3O5/c1-11(2)27-21(32)17-19(30)18(29)15(8-26(17)10-22(27)6-13(22)9-28)20(31)25-7-12-3-4-14(23)5-16(12)24/h3-5,8,11,13,28,30H,6-7,9-10H2,1-2H3,(H,25,31). The van der Waals surface area contributed by atoms with Crippen LogP contribution in [0.3, 0.4) is 0 Å². The van der Waals surface area contributed by atoms with Crippen molar-refractivity contribution in [3.63, 3.8) is 0 Å². The zero-order chi connectivity index (χ0) is 23.4. The molecule has 1 aromatic heterocycles. The lowest BCUT2D eigenvalue weighted by Gasteiger charge is -2.42. The third-order valence-corrected chi connectivity index (χ3v) is 6.24. The van der Waals surface area contributed by atoms with Crippen molar-refractivity contribution < 1.29 is 28.6 Å². The van der Waals surface area contributed by atoms with Crippen LogP contribution in [0.25, 0.3) is 0 Å². The number of nitrogens with zero attached hydrogens (tertiary/aromatic N) is 2. The highest BCUT2D eigenvalue weighted by Crippen LogP contribution is 2.53. The zero-order valence-corrected chi connectivity index (χ0v) is 17.6. The SMILES string of the molecule is CC(C)N1C(=O)c2c(O)c(=O)c(C(=O)NCc3ccc(F)cc3F)cn2CC12CC2CO. The Morgan fingerprint density at radius 1 is 1.31 bits per heavy atom. The van der Waals surface area contributed by atoms with Gasteiger partial charge in [0.1, 0.15) is 17.2 Å². The van der Waals surface area contributed by atoms with Crippen LogP contribution >= 0.6 is 0 Å². The molecule has 1 aliphatic carbocycles. The van der Waals surface area contributed by atoms with Gasteiger partial charge in [-0.15, -0.1) is 0 Å². The molecule has 2 amide bonds. The highest BCUT2D eigenvalue weighted by atomic mass is 19.1. The molecule has 0 bridgehead atoms. The number of pyridine rings is 1. The van der Waals surface area contributed by atoms with E-state index < -0.39 is 45.7 Å². The minimum atomic E-state index is -1.02. The monoisotopic (exact) mass is 447 g/mol. The van der Waals surface area contributed by atoms with Crippen LogP contribution in [0.2, 0.25) is 0 Å². The fourth-order valence-electron chi connectivity index (χ4n) is 4.62. The fourth-order valence-corrected chi connectivity index (χ4v) is 4.62. The van der Waals surface area contributed by atoms with Crippen LogP contribution in [0.5, 0.6) is 5.75 Å². The number of aromatic hydroxyl groups is 1. The van der Waals surface area contributed by atoms with Crippen molar-refractivity contribution in [3.05, 3.63) is 63.1 Å². The highest BCUT2D eigenvalue weighted by molar-refractivity contribution is 5.99. The molecule has 1 aliphatic heterocycles. The van der Waals surface area contributed by atoms with Crippen molar-refractivity contribution in [1.29, 1.82) is 0 Å². The van der Waals surface area contributed by atoms with Gasteiger partial charge in [0.2, 0.25) is 5.43 Å². The molecule has 2 unspecified atom stereocenters. The van der Waals surface area contributed by atoms with Crippen LogP contribution in [-0.4, -0.2) is 49.7 Å². The van der Waals surface area contributed by atoms with Gasteiger partial charge >= 0.3 is 0 Å². The third-order valence-electron chi connectivity index (χ3n) is 6.24. The first-order valence-electron chi connectivity index (χ1n) is 10.2. The number of aromatic nitrogens is 1. The van der Waals surface area contributed by atoms with E-state index in [1.54, 1.807) is 4.90 Å². The van der Waals surface area contributed by atoms with Gasteiger partial charge in [-0.3, -0.25) is 14.4 Å². The largest absolute Gasteiger partial charge is 0.503 e. The van der Waals surface area contributed by atoms with E-state index in [1.165, 1.54) is 16.8 Å². The van der Waals surface area contributed by atoms with Crippen molar-refractivity contribution >= 4 is 11.8 Å². The number of hydrogen-bond acceptors (Lipinski definition) is 5. The van der Waals surface area contributed by atoms with E-state index in [4.69, 9.17) is 0 Å². The molecule has 170 valence electrons. The van der Waals surface area contributed by atoms with Crippen molar-refractivity contribution in [2.24, 2.45) is 5.92 Å². The molecule has 2 heterocycles. The van der Waals surface area contributed by atoms with Gasteiger partial charge in [0.15, 0.2) is 11.4 Å². The average Bonchev–Trinajstić information content (AvgIpc) is 3.41. The molecule has 1 fully saturated rings. The molecular weight excluding hydrogens is 424 g/mol. The molecule has 2 aromatic rings. The minimum absolute atomic E-state index is 0.0208. The Kier molecular flexibility index (Phi) is 5.28. The van der Waals surface area contributed by atoms with Crippen LogP contribution in [-0.2, 0) is 13.1 Å². The van der Waals surface area contributed by atoms with Gasteiger partial charge in [0, 0.05) is 49.5 Å². The molecule has 0 radical (unpaired) electrons. The topological polar surface area (TPSA) is 112 Å². The summed E-state index contributed by atoms with van der Waals surface area (Å²) in [4.78, 5) is 40.0. The smallest absolute Gasteiger partial charge is 0.275 e. The van der Waals surface area contributed by atoms with Crippen LogP contribution < -0.4 is 10.7 Å². The van der Waals surface area contributed by atoms with Crippen LogP contribution in [0, 0.1) is 17.6 Å². The summed E-state index contributed by atoms with van der Waals surface area (Å²) in [6.07, 6.45) is 1.77.